The van der Waals surface area contributed by atoms with Gasteiger partial charge in [0.2, 0.25) is 0 Å². The van der Waals surface area contributed by atoms with E-state index in [0.29, 0.717) is 42.5 Å². The minimum Gasteiger partial charge on any atom is -0.492 e. The van der Waals surface area contributed by atoms with Crippen molar-refractivity contribution in [2.24, 2.45) is 5.92 Å². The van der Waals surface area contributed by atoms with E-state index in [1.807, 2.05) is 13.8 Å². The van der Waals surface area contributed by atoms with Crippen LogP contribution in [0.2, 0.25) is 0 Å². The minimum absolute atomic E-state index is 0.143. The van der Waals surface area contributed by atoms with E-state index < -0.39 is 0 Å². The van der Waals surface area contributed by atoms with E-state index in [0.717, 1.165) is 6.42 Å². The lowest BCUT2D eigenvalue weighted by atomic mass is 10.0. The highest BCUT2D eigenvalue weighted by molar-refractivity contribution is 5.95. The fourth-order valence-corrected chi connectivity index (χ4v) is 1.95. The van der Waals surface area contributed by atoms with Crippen molar-refractivity contribution < 1.29 is 14.6 Å². The van der Waals surface area contributed by atoms with Crippen molar-refractivity contribution >= 4 is 11.6 Å². The van der Waals surface area contributed by atoms with E-state index in [1.54, 1.807) is 18.2 Å². The Morgan fingerprint density at radius 3 is 2.75 bits per heavy atom. The van der Waals surface area contributed by atoms with Crippen molar-refractivity contribution in [1.82, 2.24) is 5.32 Å². The summed E-state index contributed by atoms with van der Waals surface area (Å²) in [5.74, 6) is 0.732. The smallest absolute Gasteiger partial charge is 0.251 e. The summed E-state index contributed by atoms with van der Waals surface area (Å²) < 4.78 is 5.33. The monoisotopic (exact) mass is 280 g/mol. The molecule has 20 heavy (non-hydrogen) atoms. The standard InChI is InChI=1S/C15H24N2O3/c1-3-11(7-8-18)10-17-15(19)12-5-6-14(20-4-2)13(16)9-12/h5-6,9,11,18H,3-4,7-8,10,16H2,1-2H3,(H,17,19). The van der Waals surface area contributed by atoms with E-state index in [9.17, 15) is 4.79 Å². The number of nitrogens with two attached hydrogens (primary N) is 1. The van der Waals surface area contributed by atoms with Gasteiger partial charge in [-0.15, -0.1) is 0 Å². The number of carbonyl (C=O) groups is 1. The Morgan fingerprint density at radius 1 is 1.45 bits per heavy atom. The van der Waals surface area contributed by atoms with Gasteiger partial charge >= 0.3 is 0 Å². The van der Waals surface area contributed by atoms with Gasteiger partial charge in [-0.2, -0.15) is 0 Å². The largest absolute Gasteiger partial charge is 0.492 e. The molecule has 0 aromatic heterocycles. The molecule has 0 radical (unpaired) electrons. The molecule has 5 nitrogen and oxygen atoms in total. The van der Waals surface area contributed by atoms with Gasteiger partial charge in [-0.05, 0) is 37.5 Å². The van der Waals surface area contributed by atoms with Gasteiger partial charge < -0.3 is 20.9 Å². The highest BCUT2D eigenvalue weighted by Gasteiger charge is 2.11. The lowest BCUT2D eigenvalue weighted by molar-refractivity contribution is 0.0943. The molecule has 5 heteroatoms. The number of benzene rings is 1. The van der Waals surface area contributed by atoms with E-state index in [4.69, 9.17) is 15.6 Å². The molecule has 0 spiro atoms. The highest BCUT2D eigenvalue weighted by atomic mass is 16.5. The second-order valence-corrected chi connectivity index (χ2v) is 4.68. The van der Waals surface area contributed by atoms with Crippen LogP contribution in [0.3, 0.4) is 0 Å². The molecule has 0 heterocycles. The molecule has 1 aromatic carbocycles. The third-order valence-corrected chi connectivity index (χ3v) is 3.24. The topological polar surface area (TPSA) is 84.6 Å². The van der Waals surface area contributed by atoms with Gasteiger partial charge in [-0.1, -0.05) is 13.3 Å². The first-order valence-corrected chi connectivity index (χ1v) is 7.03. The van der Waals surface area contributed by atoms with Gasteiger partial charge in [0.05, 0.1) is 12.3 Å². The summed E-state index contributed by atoms with van der Waals surface area (Å²) in [6.07, 6.45) is 1.62. The Morgan fingerprint density at radius 2 is 2.20 bits per heavy atom. The van der Waals surface area contributed by atoms with E-state index in [-0.39, 0.29) is 12.5 Å². The van der Waals surface area contributed by atoms with E-state index in [2.05, 4.69) is 5.32 Å². The van der Waals surface area contributed by atoms with Gasteiger partial charge in [-0.25, -0.2) is 0 Å². The summed E-state index contributed by atoms with van der Waals surface area (Å²) in [6, 6.07) is 5.02. The summed E-state index contributed by atoms with van der Waals surface area (Å²) in [4.78, 5) is 12.0. The highest BCUT2D eigenvalue weighted by Crippen LogP contribution is 2.22. The van der Waals surface area contributed by atoms with Crippen molar-refractivity contribution in [2.75, 3.05) is 25.5 Å². The SMILES string of the molecule is CCOc1ccc(C(=O)NCC(CC)CCO)cc1N. The van der Waals surface area contributed by atoms with Gasteiger partial charge in [-0.3, -0.25) is 4.79 Å². The molecule has 1 unspecified atom stereocenters. The molecule has 0 saturated heterocycles. The first-order chi connectivity index (χ1) is 9.62. The first-order valence-electron chi connectivity index (χ1n) is 7.03. The summed E-state index contributed by atoms with van der Waals surface area (Å²) in [5, 5.41) is 11.8. The molecule has 1 aromatic rings. The molecule has 0 aliphatic rings. The summed E-state index contributed by atoms with van der Waals surface area (Å²) in [7, 11) is 0. The van der Waals surface area contributed by atoms with Gasteiger partial charge in [0.15, 0.2) is 0 Å². The van der Waals surface area contributed by atoms with Crippen LogP contribution in [0.25, 0.3) is 0 Å². The van der Waals surface area contributed by atoms with Crippen molar-refractivity contribution in [3.05, 3.63) is 23.8 Å². The molecular formula is C15H24N2O3. The summed E-state index contributed by atoms with van der Waals surface area (Å²) in [5.41, 5.74) is 6.82. The number of nitrogens with one attached hydrogen (secondary N) is 1. The zero-order valence-corrected chi connectivity index (χ0v) is 12.2. The minimum atomic E-state index is -0.156. The van der Waals surface area contributed by atoms with Crippen LogP contribution in [0, 0.1) is 5.92 Å². The Kier molecular flexibility index (Phi) is 6.87. The molecule has 1 rings (SSSR count). The average molecular weight is 280 g/mol. The number of aliphatic hydroxyl groups is 1. The number of nitrogen functional groups attached to an aromatic ring is 1. The number of rotatable bonds is 8. The maximum absolute atomic E-state index is 12.0. The molecular weight excluding hydrogens is 256 g/mol. The fraction of sp³-hybridized carbons (Fsp3) is 0.533. The molecule has 0 saturated carbocycles. The molecule has 1 atom stereocenters. The van der Waals surface area contributed by atoms with Gasteiger partial charge in [0.25, 0.3) is 5.91 Å². The second kappa shape index (κ2) is 8.43. The number of hydrogen-bond acceptors (Lipinski definition) is 4. The Balaban J connectivity index is 2.61. The Hall–Kier alpha value is -1.75. The van der Waals surface area contributed by atoms with Crippen LogP contribution in [-0.4, -0.2) is 30.8 Å². The molecule has 0 aliphatic heterocycles. The molecule has 112 valence electrons. The van der Waals surface area contributed by atoms with Crippen molar-refractivity contribution in [3.63, 3.8) is 0 Å². The third kappa shape index (κ3) is 4.74. The van der Waals surface area contributed by atoms with Crippen LogP contribution in [-0.2, 0) is 0 Å². The van der Waals surface area contributed by atoms with Crippen molar-refractivity contribution in [3.8, 4) is 5.75 Å². The second-order valence-electron chi connectivity index (χ2n) is 4.68. The molecule has 1 amide bonds. The van der Waals surface area contributed by atoms with Crippen LogP contribution >= 0.6 is 0 Å². The van der Waals surface area contributed by atoms with Crippen LogP contribution < -0.4 is 15.8 Å². The zero-order chi connectivity index (χ0) is 15.0. The van der Waals surface area contributed by atoms with Crippen LogP contribution in [0.15, 0.2) is 18.2 Å². The number of ether oxygens (including phenoxy) is 1. The van der Waals surface area contributed by atoms with E-state index in [1.165, 1.54) is 0 Å². The number of carbonyl (C=O) groups excluding carboxylic acids is 1. The Bertz CT molecular complexity index is 435. The molecule has 0 aliphatic carbocycles. The lowest BCUT2D eigenvalue weighted by Gasteiger charge is -2.15. The average Bonchev–Trinajstić information content (AvgIpc) is 2.45. The normalized spacial score (nSPS) is 11.9. The maximum Gasteiger partial charge on any atom is 0.251 e. The number of amides is 1. The lowest BCUT2D eigenvalue weighted by Crippen LogP contribution is -2.29. The molecule has 0 bridgehead atoms. The predicted molar refractivity (Wildman–Crippen MR) is 79.8 cm³/mol. The van der Waals surface area contributed by atoms with Crippen molar-refractivity contribution in [1.29, 1.82) is 0 Å². The van der Waals surface area contributed by atoms with Crippen LogP contribution in [0.4, 0.5) is 5.69 Å². The number of hydrogen-bond donors (Lipinski definition) is 3. The number of anilines is 1. The molecule has 0 fully saturated rings. The Labute approximate surface area is 120 Å². The van der Waals surface area contributed by atoms with E-state index >= 15 is 0 Å². The van der Waals surface area contributed by atoms with Crippen LogP contribution in [0.1, 0.15) is 37.0 Å². The first kappa shape index (κ1) is 16.3. The van der Waals surface area contributed by atoms with Crippen molar-refractivity contribution in [2.45, 2.75) is 26.7 Å². The predicted octanol–water partition coefficient (Wildman–Crippen LogP) is 1.81. The van der Waals surface area contributed by atoms with Gasteiger partial charge in [0.1, 0.15) is 5.75 Å². The maximum atomic E-state index is 12.0. The van der Waals surface area contributed by atoms with Crippen LogP contribution in [0.5, 0.6) is 5.75 Å². The molecule has 4 N–H and O–H groups in total. The van der Waals surface area contributed by atoms with Gasteiger partial charge in [0, 0.05) is 18.7 Å². The third-order valence-electron chi connectivity index (χ3n) is 3.24. The quantitative estimate of drug-likeness (QED) is 0.634. The summed E-state index contributed by atoms with van der Waals surface area (Å²) in [6.45, 7) is 5.16. The summed E-state index contributed by atoms with van der Waals surface area (Å²) >= 11 is 0. The fourth-order valence-electron chi connectivity index (χ4n) is 1.95. The number of aliphatic hydroxyl groups excluding tert-OH is 1. The zero-order valence-electron chi connectivity index (χ0n) is 12.2.